The molecule has 2 aliphatic rings. The van der Waals surface area contributed by atoms with Crippen molar-refractivity contribution in [3.05, 3.63) is 29.8 Å². The number of primary amides is 1. The van der Waals surface area contributed by atoms with Gasteiger partial charge in [0.15, 0.2) is 0 Å². The number of hydrogen-bond acceptors (Lipinski definition) is 5. The van der Waals surface area contributed by atoms with Gasteiger partial charge in [-0.1, -0.05) is 12.8 Å². The zero-order valence-corrected chi connectivity index (χ0v) is 17.4. The number of carbonyl (C=O) groups excluding carboxylic acids is 2. The smallest absolute Gasteiger partial charge is 0.282 e. The number of nitrogens with zero attached hydrogens (tertiary/aromatic N) is 3. The highest BCUT2D eigenvalue weighted by Gasteiger charge is 2.32. The Morgan fingerprint density at radius 1 is 0.862 bits per heavy atom. The average molecular weight is 424 g/mol. The van der Waals surface area contributed by atoms with Gasteiger partial charge in [-0.2, -0.15) is 17.0 Å². The summed E-state index contributed by atoms with van der Waals surface area (Å²) in [6.07, 6.45) is 4.00. The van der Waals surface area contributed by atoms with E-state index in [9.17, 15) is 18.0 Å². The minimum atomic E-state index is -3.42. The van der Waals surface area contributed by atoms with E-state index < -0.39 is 16.1 Å². The van der Waals surface area contributed by atoms with Crippen LogP contribution in [0.15, 0.2) is 24.3 Å². The summed E-state index contributed by atoms with van der Waals surface area (Å²) in [6.45, 7) is 3.19. The molecule has 1 aromatic carbocycles. The Hall–Kier alpha value is -2.01. The minimum absolute atomic E-state index is 0.180. The van der Waals surface area contributed by atoms with Crippen LogP contribution < -0.4 is 11.1 Å². The van der Waals surface area contributed by atoms with Crippen molar-refractivity contribution in [2.45, 2.75) is 25.7 Å². The van der Waals surface area contributed by atoms with E-state index >= 15 is 0 Å². The monoisotopic (exact) mass is 423 g/mol. The second-order valence-electron chi connectivity index (χ2n) is 7.49. The molecule has 3 rings (SSSR count). The lowest BCUT2D eigenvalue weighted by molar-refractivity contribution is -0.117. The topological polar surface area (TPSA) is 116 Å². The molecule has 0 unspecified atom stereocenters. The normalized spacial score (nSPS) is 20.1. The molecule has 29 heavy (non-hydrogen) atoms. The first-order chi connectivity index (χ1) is 13.9. The van der Waals surface area contributed by atoms with Crippen molar-refractivity contribution < 1.29 is 18.0 Å². The molecule has 0 bridgehead atoms. The van der Waals surface area contributed by atoms with Gasteiger partial charge in [0.1, 0.15) is 0 Å². The fraction of sp³-hybridized carbons (Fsp3) is 0.579. The second kappa shape index (κ2) is 9.66. The summed E-state index contributed by atoms with van der Waals surface area (Å²) in [7, 11) is -3.42. The van der Waals surface area contributed by atoms with Crippen molar-refractivity contribution in [2.24, 2.45) is 5.73 Å². The Kier molecular flexibility index (Phi) is 7.23. The summed E-state index contributed by atoms with van der Waals surface area (Å²) in [4.78, 5) is 25.3. The molecule has 0 atom stereocenters. The molecule has 0 radical (unpaired) electrons. The van der Waals surface area contributed by atoms with E-state index in [0.29, 0.717) is 50.5 Å². The maximum Gasteiger partial charge on any atom is 0.282 e. The van der Waals surface area contributed by atoms with Crippen LogP contribution >= 0.6 is 0 Å². The number of carbonyl (C=O) groups is 2. The predicted molar refractivity (Wildman–Crippen MR) is 111 cm³/mol. The van der Waals surface area contributed by atoms with Crippen LogP contribution in [0.1, 0.15) is 36.0 Å². The van der Waals surface area contributed by atoms with E-state index in [1.165, 1.54) is 4.31 Å². The van der Waals surface area contributed by atoms with E-state index in [1.54, 1.807) is 28.6 Å². The lowest BCUT2D eigenvalue weighted by Crippen LogP contribution is -2.54. The summed E-state index contributed by atoms with van der Waals surface area (Å²) >= 11 is 0. The van der Waals surface area contributed by atoms with Crippen LogP contribution in [0.25, 0.3) is 0 Å². The lowest BCUT2D eigenvalue weighted by Gasteiger charge is -2.36. The largest absolute Gasteiger partial charge is 0.366 e. The summed E-state index contributed by atoms with van der Waals surface area (Å²) in [5, 5.41) is 2.78. The molecule has 9 nitrogen and oxygen atoms in total. The minimum Gasteiger partial charge on any atom is -0.366 e. The van der Waals surface area contributed by atoms with Gasteiger partial charge in [0.2, 0.25) is 11.8 Å². The van der Waals surface area contributed by atoms with Crippen molar-refractivity contribution in [3.63, 3.8) is 0 Å². The highest BCUT2D eigenvalue weighted by Crippen LogP contribution is 2.18. The quantitative estimate of drug-likeness (QED) is 0.690. The van der Waals surface area contributed by atoms with Crippen molar-refractivity contribution >= 4 is 27.7 Å². The van der Waals surface area contributed by atoms with Crippen LogP contribution in [0.4, 0.5) is 5.69 Å². The van der Waals surface area contributed by atoms with Crippen molar-refractivity contribution in [2.75, 3.05) is 51.1 Å². The van der Waals surface area contributed by atoms with Gasteiger partial charge in [0.05, 0.1) is 6.54 Å². The number of nitrogens with two attached hydrogens (primary N) is 1. The van der Waals surface area contributed by atoms with Gasteiger partial charge in [-0.3, -0.25) is 14.5 Å². The van der Waals surface area contributed by atoms with Crippen LogP contribution in [-0.4, -0.2) is 79.6 Å². The van der Waals surface area contributed by atoms with Crippen LogP contribution in [0.2, 0.25) is 0 Å². The van der Waals surface area contributed by atoms with Gasteiger partial charge in [-0.05, 0) is 37.1 Å². The maximum atomic E-state index is 12.9. The summed E-state index contributed by atoms with van der Waals surface area (Å²) in [6, 6.07) is 6.38. The molecule has 2 heterocycles. The Labute approximate surface area is 172 Å². The molecule has 2 aliphatic heterocycles. The standard InChI is InChI=1S/C19H29N5O4S/c20-19(26)16-5-7-17(8-6-16)21-18(25)15-22-11-13-24(14-12-22)29(27,28)23-9-3-1-2-4-10-23/h5-8H,1-4,9-15H2,(H2,20,26)(H,21,25). The third-order valence-corrected chi connectivity index (χ3v) is 7.40. The van der Waals surface area contributed by atoms with E-state index in [1.807, 2.05) is 4.90 Å². The fourth-order valence-electron chi connectivity index (χ4n) is 3.68. The van der Waals surface area contributed by atoms with Gasteiger partial charge >= 0.3 is 0 Å². The van der Waals surface area contributed by atoms with Gasteiger partial charge in [-0.25, -0.2) is 0 Å². The van der Waals surface area contributed by atoms with Crippen molar-refractivity contribution in [1.82, 2.24) is 13.5 Å². The first-order valence-electron chi connectivity index (χ1n) is 10.0. The molecule has 2 amide bonds. The highest BCUT2D eigenvalue weighted by molar-refractivity contribution is 7.86. The number of piperazine rings is 1. The first-order valence-corrected chi connectivity index (χ1v) is 11.4. The predicted octanol–water partition coefficient (Wildman–Crippen LogP) is 0.462. The number of hydrogen-bond donors (Lipinski definition) is 2. The Bertz CT molecular complexity index is 812. The summed E-state index contributed by atoms with van der Waals surface area (Å²) in [5.74, 6) is -0.698. The van der Waals surface area contributed by atoms with Gasteiger partial charge in [-0.15, -0.1) is 0 Å². The lowest BCUT2D eigenvalue weighted by atomic mass is 10.2. The number of anilines is 1. The van der Waals surface area contributed by atoms with Gasteiger partial charge < -0.3 is 11.1 Å². The van der Waals surface area contributed by atoms with E-state index in [0.717, 1.165) is 25.7 Å². The second-order valence-corrected chi connectivity index (χ2v) is 9.41. The van der Waals surface area contributed by atoms with Crippen LogP contribution in [0, 0.1) is 0 Å². The number of amides is 2. The maximum absolute atomic E-state index is 12.9. The highest BCUT2D eigenvalue weighted by atomic mass is 32.2. The van der Waals surface area contributed by atoms with E-state index in [4.69, 9.17) is 5.73 Å². The molecule has 0 saturated carbocycles. The fourth-order valence-corrected chi connectivity index (χ4v) is 5.35. The SMILES string of the molecule is NC(=O)c1ccc(NC(=O)CN2CCN(S(=O)(=O)N3CCCCCC3)CC2)cc1. The molecule has 0 spiro atoms. The van der Waals surface area contributed by atoms with E-state index in [2.05, 4.69) is 5.32 Å². The Morgan fingerprint density at radius 2 is 1.41 bits per heavy atom. The molecule has 2 saturated heterocycles. The summed E-state index contributed by atoms with van der Waals surface area (Å²) in [5.41, 5.74) is 6.17. The van der Waals surface area contributed by atoms with E-state index in [-0.39, 0.29) is 12.5 Å². The van der Waals surface area contributed by atoms with Gasteiger partial charge in [0, 0.05) is 50.5 Å². The molecule has 10 heteroatoms. The molecule has 0 aromatic heterocycles. The first kappa shape index (κ1) is 21.7. The Morgan fingerprint density at radius 3 is 1.97 bits per heavy atom. The number of nitrogens with one attached hydrogen (secondary N) is 1. The summed E-state index contributed by atoms with van der Waals surface area (Å²) < 4.78 is 28.9. The third-order valence-electron chi connectivity index (χ3n) is 5.37. The average Bonchev–Trinajstić information content (AvgIpc) is 2.99. The van der Waals surface area contributed by atoms with Crippen LogP contribution in [0.5, 0.6) is 0 Å². The van der Waals surface area contributed by atoms with Crippen molar-refractivity contribution in [1.29, 1.82) is 0 Å². The van der Waals surface area contributed by atoms with Crippen LogP contribution in [-0.2, 0) is 15.0 Å². The molecular formula is C19H29N5O4S. The molecule has 2 fully saturated rings. The third kappa shape index (κ3) is 5.75. The number of rotatable bonds is 6. The van der Waals surface area contributed by atoms with Crippen molar-refractivity contribution in [3.8, 4) is 0 Å². The Balaban J connectivity index is 1.47. The molecule has 1 aromatic rings. The molecule has 160 valence electrons. The number of benzene rings is 1. The molecule has 3 N–H and O–H groups in total. The zero-order chi connectivity index (χ0) is 20.9. The van der Waals surface area contributed by atoms with Crippen LogP contribution in [0.3, 0.4) is 0 Å². The molecule has 0 aliphatic carbocycles. The molecular weight excluding hydrogens is 394 g/mol. The van der Waals surface area contributed by atoms with Gasteiger partial charge in [0.25, 0.3) is 10.2 Å². The zero-order valence-electron chi connectivity index (χ0n) is 16.5.